The number of nitrogens with zero attached hydrogens (tertiary/aromatic N) is 1. The summed E-state index contributed by atoms with van der Waals surface area (Å²) in [4.78, 5) is 14.2. The maximum absolute atomic E-state index is 12.1. The topological polar surface area (TPSA) is 32.3 Å². The molecule has 3 nitrogen and oxygen atoms in total. The third kappa shape index (κ3) is 2.03. The van der Waals surface area contributed by atoms with E-state index in [1.54, 1.807) is 0 Å². The lowest BCUT2D eigenvalue weighted by atomic mass is 9.86. The number of carbonyl (C=O) groups is 1. The molecule has 2 rings (SSSR count). The van der Waals surface area contributed by atoms with Crippen LogP contribution >= 0.6 is 0 Å². The smallest absolute Gasteiger partial charge is 0.227 e. The molecule has 2 fully saturated rings. The van der Waals surface area contributed by atoms with Gasteiger partial charge < -0.3 is 10.2 Å². The molecule has 1 atom stereocenters. The fourth-order valence-electron chi connectivity index (χ4n) is 2.73. The van der Waals surface area contributed by atoms with Gasteiger partial charge in [-0.2, -0.15) is 0 Å². The highest BCUT2D eigenvalue weighted by Gasteiger charge is 2.43. The minimum absolute atomic E-state index is 0.225. The van der Waals surface area contributed by atoms with Gasteiger partial charge in [-0.3, -0.25) is 4.79 Å². The number of rotatable bonds is 0. The van der Waals surface area contributed by atoms with Crippen molar-refractivity contribution in [2.45, 2.75) is 33.6 Å². The molecule has 0 aromatic heterocycles. The van der Waals surface area contributed by atoms with Gasteiger partial charge in [0.05, 0.1) is 0 Å². The first-order valence-corrected chi connectivity index (χ1v) is 5.93. The molecule has 1 spiro atoms. The zero-order valence-electron chi connectivity index (χ0n) is 10.1. The number of hydrogen-bond acceptors (Lipinski definition) is 2. The Morgan fingerprint density at radius 2 is 2.07 bits per heavy atom. The van der Waals surface area contributed by atoms with Crippen molar-refractivity contribution in [3.05, 3.63) is 0 Å². The summed E-state index contributed by atoms with van der Waals surface area (Å²) in [5, 5.41) is 3.42. The zero-order valence-corrected chi connectivity index (χ0v) is 10.1. The Bertz CT molecular complexity index is 261. The number of carbonyl (C=O) groups excluding carboxylic acids is 1. The fourth-order valence-corrected chi connectivity index (χ4v) is 2.73. The SMILES string of the molecule is CC(C)(C)C(=O)N1CCC2(CCNC2)C1. The van der Waals surface area contributed by atoms with Crippen LogP contribution in [0.4, 0.5) is 0 Å². The highest BCUT2D eigenvalue weighted by atomic mass is 16.2. The molecule has 0 bridgehead atoms. The lowest BCUT2D eigenvalue weighted by molar-refractivity contribution is -0.138. The number of nitrogens with one attached hydrogen (secondary N) is 1. The molecule has 0 saturated carbocycles. The van der Waals surface area contributed by atoms with E-state index in [-0.39, 0.29) is 5.41 Å². The van der Waals surface area contributed by atoms with Gasteiger partial charge in [-0.25, -0.2) is 0 Å². The normalized spacial score (nSPS) is 31.5. The van der Waals surface area contributed by atoms with Crippen LogP contribution in [0.25, 0.3) is 0 Å². The fraction of sp³-hybridized carbons (Fsp3) is 0.917. The molecule has 0 aromatic carbocycles. The Labute approximate surface area is 92.2 Å². The van der Waals surface area contributed by atoms with E-state index in [9.17, 15) is 4.79 Å². The lowest BCUT2D eigenvalue weighted by Gasteiger charge is -2.28. The third-order valence-electron chi connectivity index (χ3n) is 3.70. The van der Waals surface area contributed by atoms with Gasteiger partial charge in [-0.05, 0) is 19.4 Å². The van der Waals surface area contributed by atoms with Crippen LogP contribution in [-0.2, 0) is 4.79 Å². The van der Waals surface area contributed by atoms with Crippen molar-refractivity contribution < 1.29 is 4.79 Å². The first-order valence-electron chi connectivity index (χ1n) is 5.93. The quantitative estimate of drug-likeness (QED) is 0.652. The molecule has 86 valence electrons. The summed E-state index contributed by atoms with van der Waals surface area (Å²) >= 11 is 0. The monoisotopic (exact) mass is 210 g/mol. The van der Waals surface area contributed by atoms with E-state index in [0.717, 1.165) is 26.2 Å². The van der Waals surface area contributed by atoms with Gasteiger partial charge >= 0.3 is 0 Å². The molecule has 0 aromatic rings. The molecule has 3 heteroatoms. The molecule has 1 amide bonds. The molecule has 2 aliphatic rings. The van der Waals surface area contributed by atoms with Crippen molar-refractivity contribution in [3.8, 4) is 0 Å². The Balaban J connectivity index is 2.01. The Hall–Kier alpha value is -0.570. The first-order chi connectivity index (χ1) is 6.93. The molecule has 2 aliphatic heterocycles. The van der Waals surface area contributed by atoms with Gasteiger partial charge in [-0.1, -0.05) is 20.8 Å². The summed E-state index contributed by atoms with van der Waals surface area (Å²) in [5.74, 6) is 0.311. The van der Waals surface area contributed by atoms with E-state index in [1.807, 2.05) is 20.8 Å². The maximum atomic E-state index is 12.1. The summed E-state index contributed by atoms with van der Waals surface area (Å²) in [5.41, 5.74) is 0.179. The molecular formula is C12H22N2O. The van der Waals surface area contributed by atoms with Crippen LogP contribution in [0.5, 0.6) is 0 Å². The molecule has 1 N–H and O–H groups in total. The first kappa shape index (κ1) is 10.9. The van der Waals surface area contributed by atoms with Crippen molar-refractivity contribution in [2.75, 3.05) is 26.2 Å². The van der Waals surface area contributed by atoms with Crippen molar-refractivity contribution in [3.63, 3.8) is 0 Å². The van der Waals surface area contributed by atoms with Crippen molar-refractivity contribution in [1.82, 2.24) is 10.2 Å². The molecule has 15 heavy (non-hydrogen) atoms. The van der Waals surface area contributed by atoms with Crippen LogP contribution in [0.1, 0.15) is 33.6 Å². The van der Waals surface area contributed by atoms with E-state index < -0.39 is 0 Å². The molecular weight excluding hydrogens is 188 g/mol. The number of likely N-dealkylation sites (tertiary alicyclic amines) is 1. The lowest BCUT2D eigenvalue weighted by Crippen LogP contribution is -2.39. The second kappa shape index (κ2) is 3.48. The van der Waals surface area contributed by atoms with E-state index >= 15 is 0 Å². The highest BCUT2D eigenvalue weighted by Crippen LogP contribution is 2.37. The van der Waals surface area contributed by atoms with E-state index in [4.69, 9.17) is 0 Å². The Morgan fingerprint density at radius 3 is 2.60 bits per heavy atom. The Morgan fingerprint density at radius 1 is 1.33 bits per heavy atom. The molecule has 2 heterocycles. The summed E-state index contributed by atoms with van der Waals surface area (Å²) < 4.78 is 0. The van der Waals surface area contributed by atoms with E-state index in [2.05, 4.69) is 10.2 Å². The summed E-state index contributed by atoms with van der Waals surface area (Å²) in [6.45, 7) is 10.2. The van der Waals surface area contributed by atoms with Crippen molar-refractivity contribution in [2.24, 2.45) is 10.8 Å². The van der Waals surface area contributed by atoms with Crippen LogP contribution in [0.3, 0.4) is 0 Å². The van der Waals surface area contributed by atoms with Crippen LogP contribution < -0.4 is 5.32 Å². The average Bonchev–Trinajstić information content (AvgIpc) is 2.75. The van der Waals surface area contributed by atoms with Crippen LogP contribution in [0, 0.1) is 10.8 Å². The minimum Gasteiger partial charge on any atom is -0.342 e. The Kier molecular flexibility index (Phi) is 2.53. The van der Waals surface area contributed by atoms with Gasteiger partial charge in [0, 0.05) is 30.5 Å². The van der Waals surface area contributed by atoms with Crippen LogP contribution in [-0.4, -0.2) is 37.0 Å². The van der Waals surface area contributed by atoms with Gasteiger partial charge in [0.1, 0.15) is 0 Å². The van der Waals surface area contributed by atoms with Crippen LogP contribution in [0.15, 0.2) is 0 Å². The number of amides is 1. The van der Waals surface area contributed by atoms with Crippen molar-refractivity contribution in [1.29, 1.82) is 0 Å². The third-order valence-corrected chi connectivity index (χ3v) is 3.70. The molecule has 0 aliphatic carbocycles. The molecule has 1 unspecified atom stereocenters. The van der Waals surface area contributed by atoms with E-state index in [0.29, 0.717) is 11.3 Å². The molecule has 2 saturated heterocycles. The highest BCUT2D eigenvalue weighted by molar-refractivity contribution is 5.81. The summed E-state index contributed by atoms with van der Waals surface area (Å²) in [7, 11) is 0. The largest absolute Gasteiger partial charge is 0.342 e. The van der Waals surface area contributed by atoms with Gasteiger partial charge in [0.25, 0.3) is 0 Å². The van der Waals surface area contributed by atoms with E-state index in [1.165, 1.54) is 12.8 Å². The summed E-state index contributed by atoms with van der Waals surface area (Å²) in [6, 6.07) is 0. The second-order valence-corrected chi connectivity index (χ2v) is 6.15. The van der Waals surface area contributed by atoms with Crippen molar-refractivity contribution >= 4 is 5.91 Å². The maximum Gasteiger partial charge on any atom is 0.227 e. The zero-order chi connectivity index (χ0) is 11.1. The summed E-state index contributed by atoms with van der Waals surface area (Å²) in [6.07, 6.45) is 2.42. The second-order valence-electron chi connectivity index (χ2n) is 6.15. The van der Waals surface area contributed by atoms with Gasteiger partial charge in [0.2, 0.25) is 5.91 Å². The predicted molar refractivity (Wildman–Crippen MR) is 60.6 cm³/mol. The van der Waals surface area contributed by atoms with Gasteiger partial charge in [-0.15, -0.1) is 0 Å². The van der Waals surface area contributed by atoms with Crippen LogP contribution in [0.2, 0.25) is 0 Å². The molecule has 0 radical (unpaired) electrons. The van der Waals surface area contributed by atoms with Gasteiger partial charge in [0.15, 0.2) is 0 Å². The minimum atomic E-state index is -0.225. The average molecular weight is 210 g/mol. The standard InChI is InChI=1S/C12H22N2O/c1-11(2,3)10(15)14-7-5-12(9-14)4-6-13-8-12/h13H,4-9H2,1-3H3. The predicted octanol–water partition coefficient (Wildman–Crippen LogP) is 1.24. The number of hydrogen-bond donors (Lipinski definition) is 1.